The second kappa shape index (κ2) is 7.53. The Bertz CT molecular complexity index is 401. The molecule has 1 saturated carbocycles. The van der Waals surface area contributed by atoms with Gasteiger partial charge >= 0.3 is 0 Å². The Hall–Kier alpha value is -0.440. The van der Waals surface area contributed by atoms with Crippen molar-refractivity contribution in [2.45, 2.75) is 38.1 Å². The highest BCUT2D eigenvalue weighted by Gasteiger charge is 2.24. The summed E-state index contributed by atoms with van der Waals surface area (Å²) in [6.45, 7) is 3.55. The second-order valence-electron chi connectivity index (χ2n) is 5.97. The molecule has 1 unspecified atom stereocenters. The lowest BCUT2D eigenvalue weighted by Crippen LogP contribution is -2.32. The fourth-order valence-corrected chi connectivity index (χ4v) is 3.47. The minimum absolute atomic E-state index is 0. The van der Waals surface area contributed by atoms with Crippen molar-refractivity contribution >= 4 is 29.7 Å². The zero-order valence-corrected chi connectivity index (χ0v) is 13.4. The maximum atomic E-state index is 5.94. The van der Waals surface area contributed by atoms with E-state index in [1.165, 1.54) is 57.4 Å². The molecule has 0 radical (unpaired) electrons. The summed E-state index contributed by atoms with van der Waals surface area (Å²) in [5.74, 6) is 0.802. The summed E-state index contributed by atoms with van der Waals surface area (Å²) in [7, 11) is 0. The molecule has 1 atom stereocenters. The minimum Gasteiger partial charge on any atom is -0.371 e. The Labute approximate surface area is 133 Å². The van der Waals surface area contributed by atoms with Gasteiger partial charge in [0.15, 0.2) is 0 Å². The molecule has 1 aromatic carbocycles. The number of benzene rings is 1. The Morgan fingerprint density at radius 1 is 1.10 bits per heavy atom. The van der Waals surface area contributed by atoms with Crippen LogP contribution in [-0.2, 0) is 0 Å². The fourth-order valence-electron chi connectivity index (χ4n) is 3.35. The van der Waals surface area contributed by atoms with Crippen molar-refractivity contribution in [2.75, 3.05) is 24.5 Å². The lowest BCUT2D eigenvalue weighted by atomic mass is 10.1. The van der Waals surface area contributed by atoms with Crippen molar-refractivity contribution in [3.63, 3.8) is 0 Å². The number of hydrogen-bond donors (Lipinski definition) is 1. The number of hydrogen-bond acceptors (Lipinski definition) is 2. The van der Waals surface area contributed by atoms with Crippen LogP contribution in [0.3, 0.4) is 0 Å². The molecule has 1 N–H and O–H groups in total. The van der Waals surface area contributed by atoms with E-state index < -0.39 is 0 Å². The lowest BCUT2D eigenvalue weighted by molar-refractivity contribution is 0.450. The first-order valence-electron chi connectivity index (χ1n) is 7.55. The third-order valence-corrected chi connectivity index (χ3v) is 4.78. The highest BCUT2D eigenvalue weighted by Crippen LogP contribution is 2.25. The first-order chi connectivity index (χ1) is 9.31. The van der Waals surface area contributed by atoms with Crippen LogP contribution in [0.4, 0.5) is 5.69 Å². The molecule has 2 aliphatic rings. The summed E-state index contributed by atoms with van der Waals surface area (Å²) >= 11 is 5.94. The van der Waals surface area contributed by atoms with Crippen LogP contribution in [0, 0.1) is 5.92 Å². The minimum atomic E-state index is 0. The quantitative estimate of drug-likeness (QED) is 0.899. The molecule has 0 bridgehead atoms. The van der Waals surface area contributed by atoms with Crippen LogP contribution < -0.4 is 10.2 Å². The highest BCUT2D eigenvalue weighted by molar-refractivity contribution is 6.30. The summed E-state index contributed by atoms with van der Waals surface area (Å²) in [6.07, 6.45) is 6.90. The summed E-state index contributed by atoms with van der Waals surface area (Å²) in [5, 5.41) is 4.58. The van der Waals surface area contributed by atoms with E-state index in [2.05, 4.69) is 22.3 Å². The normalized spacial score (nSPS) is 23.1. The Kier molecular flexibility index (Phi) is 6.01. The Morgan fingerprint density at radius 3 is 2.50 bits per heavy atom. The molecule has 1 aliphatic carbocycles. The molecule has 0 aromatic heterocycles. The van der Waals surface area contributed by atoms with E-state index in [1.807, 2.05) is 12.1 Å². The van der Waals surface area contributed by atoms with Gasteiger partial charge < -0.3 is 10.2 Å². The van der Waals surface area contributed by atoms with Gasteiger partial charge in [-0.15, -0.1) is 12.4 Å². The SMILES string of the molecule is Cl.Clc1ccc(N2CCC(CNC3CCCC3)C2)cc1. The predicted molar refractivity (Wildman–Crippen MR) is 89.3 cm³/mol. The Balaban J connectivity index is 0.00000147. The summed E-state index contributed by atoms with van der Waals surface area (Å²) in [4.78, 5) is 2.48. The van der Waals surface area contributed by atoms with Crippen molar-refractivity contribution < 1.29 is 0 Å². The smallest absolute Gasteiger partial charge is 0.0407 e. The van der Waals surface area contributed by atoms with Gasteiger partial charge in [-0.2, -0.15) is 0 Å². The average molecular weight is 315 g/mol. The van der Waals surface area contributed by atoms with Crippen LogP contribution in [0.15, 0.2) is 24.3 Å². The van der Waals surface area contributed by atoms with E-state index in [0.717, 1.165) is 17.0 Å². The molecule has 20 heavy (non-hydrogen) atoms. The van der Waals surface area contributed by atoms with Gasteiger partial charge in [0, 0.05) is 29.8 Å². The lowest BCUT2D eigenvalue weighted by Gasteiger charge is -2.20. The van der Waals surface area contributed by atoms with E-state index >= 15 is 0 Å². The predicted octanol–water partition coefficient (Wildman–Crippen LogP) is 4.12. The number of anilines is 1. The topological polar surface area (TPSA) is 15.3 Å². The second-order valence-corrected chi connectivity index (χ2v) is 6.40. The van der Waals surface area contributed by atoms with E-state index in [0.29, 0.717) is 0 Å². The van der Waals surface area contributed by atoms with E-state index in [9.17, 15) is 0 Å². The standard InChI is InChI=1S/C16H23ClN2.ClH/c17-14-5-7-16(8-6-14)19-10-9-13(12-19)11-18-15-3-1-2-4-15;/h5-8,13,15,18H,1-4,9-12H2;1H. The van der Waals surface area contributed by atoms with E-state index in [1.54, 1.807) is 0 Å². The molecule has 2 nitrogen and oxygen atoms in total. The van der Waals surface area contributed by atoms with Gasteiger partial charge in [0.25, 0.3) is 0 Å². The van der Waals surface area contributed by atoms with Crippen LogP contribution in [0.2, 0.25) is 5.02 Å². The maximum Gasteiger partial charge on any atom is 0.0407 e. The Morgan fingerprint density at radius 2 is 1.80 bits per heavy atom. The fraction of sp³-hybridized carbons (Fsp3) is 0.625. The van der Waals surface area contributed by atoms with Gasteiger partial charge in [-0.3, -0.25) is 0 Å². The largest absolute Gasteiger partial charge is 0.371 e. The van der Waals surface area contributed by atoms with Crippen LogP contribution in [-0.4, -0.2) is 25.7 Å². The molecule has 0 spiro atoms. The molecule has 1 aromatic rings. The van der Waals surface area contributed by atoms with Crippen molar-refractivity contribution in [3.8, 4) is 0 Å². The average Bonchev–Trinajstić information content (AvgIpc) is 3.09. The third-order valence-electron chi connectivity index (χ3n) is 4.53. The summed E-state index contributed by atoms with van der Waals surface area (Å²) < 4.78 is 0. The van der Waals surface area contributed by atoms with E-state index in [4.69, 9.17) is 11.6 Å². The van der Waals surface area contributed by atoms with Gasteiger partial charge in [0.05, 0.1) is 0 Å². The summed E-state index contributed by atoms with van der Waals surface area (Å²) in [6, 6.07) is 9.04. The zero-order valence-electron chi connectivity index (χ0n) is 11.9. The van der Waals surface area contributed by atoms with Gasteiger partial charge in [-0.1, -0.05) is 24.4 Å². The monoisotopic (exact) mass is 314 g/mol. The maximum absolute atomic E-state index is 5.94. The number of nitrogens with one attached hydrogen (secondary N) is 1. The third kappa shape index (κ3) is 4.03. The first kappa shape index (κ1) is 15.9. The number of nitrogens with zero attached hydrogens (tertiary/aromatic N) is 1. The zero-order chi connectivity index (χ0) is 13.1. The molecular formula is C16H24Cl2N2. The van der Waals surface area contributed by atoms with Crippen LogP contribution >= 0.6 is 24.0 Å². The molecule has 2 fully saturated rings. The molecule has 1 aliphatic heterocycles. The summed E-state index contributed by atoms with van der Waals surface area (Å²) in [5.41, 5.74) is 1.31. The molecular weight excluding hydrogens is 291 g/mol. The first-order valence-corrected chi connectivity index (χ1v) is 7.93. The van der Waals surface area contributed by atoms with Gasteiger partial charge in [0.2, 0.25) is 0 Å². The van der Waals surface area contributed by atoms with Gasteiger partial charge in [-0.05, 0) is 56.0 Å². The van der Waals surface area contributed by atoms with Crippen molar-refractivity contribution in [1.82, 2.24) is 5.32 Å². The van der Waals surface area contributed by atoms with Crippen LogP contribution in [0.5, 0.6) is 0 Å². The van der Waals surface area contributed by atoms with Crippen molar-refractivity contribution in [3.05, 3.63) is 29.3 Å². The number of halogens is 2. The van der Waals surface area contributed by atoms with Crippen LogP contribution in [0.1, 0.15) is 32.1 Å². The van der Waals surface area contributed by atoms with Gasteiger partial charge in [-0.25, -0.2) is 0 Å². The highest BCUT2D eigenvalue weighted by atomic mass is 35.5. The van der Waals surface area contributed by atoms with E-state index in [-0.39, 0.29) is 12.4 Å². The van der Waals surface area contributed by atoms with Crippen LogP contribution in [0.25, 0.3) is 0 Å². The van der Waals surface area contributed by atoms with Crippen molar-refractivity contribution in [2.24, 2.45) is 5.92 Å². The molecule has 4 heteroatoms. The molecule has 1 saturated heterocycles. The molecule has 1 heterocycles. The van der Waals surface area contributed by atoms with Crippen molar-refractivity contribution in [1.29, 1.82) is 0 Å². The molecule has 0 amide bonds. The molecule has 112 valence electrons. The van der Waals surface area contributed by atoms with Gasteiger partial charge in [0.1, 0.15) is 0 Å². The molecule has 3 rings (SSSR count). The number of rotatable bonds is 4.